The van der Waals surface area contributed by atoms with E-state index in [0.29, 0.717) is 6.04 Å². The minimum absolute atomic E-state index is 0.585. The van der Waals surface area contributed by atoms with Gasteiger partial charge in [0.05, 0.1) is 13.2 Å². The van der Waals surface area contributed by atoms with Crippen molar-refractivity contribution in [2.45, 2.75) is 32.0 Å². The van der Waals surface area contributed by atoms with Crippen molar-refractivity contribution in [1.82, 2.24) is 14.8 Å². The smallest absolute Gasteiger partial charge is 0.185 e. The molecule has 2 saturated heterocycles. The second kappa shape index (κ2) is 9.55. The lowest BCUT2D eigenvalue weighted by molar-refractivity contribution is 0.109. The second-order valence-corrected chi connectivity index (χ2v) is 9.24. The summed E-state index contributed by atoms with van der Waals surface area (Å²) >= 11 is 8.30. The molecular formula is C21H29ClN4OS. The first-order valence-corrected chi connectivity index (χ1v) is 11.3. The predicted octanol–water partition coefficient (Wildman–Crippen LogP) is 3.73. The van der Waals surface area contributed by atoms with Gasteiger partial charge in [-0.25, -0.2) is 4.98 Å². The van der Waals surface area contributed by atoms with Gasteiger partial charge in [-0.05, 0) is 44.6 Å². The van der Waals surface area contributed by atoms with Crippen LogP contribution in [0, 0.1) is 0 Å². The molecule has 2 fully saturated rings. The van der Waals surface area contributed by atoms with E-state index >= 15 is 0 Å². The molecule has 0 N–H and O–H groups in total. The van der Waals surface area contributed by atoms with E-state index in [1.54, 1.807) is 0 Å². The van der Waals surface area contributed by atoms with Crippen molar-refractivity contribution in [3.8, 4) is 0 Å². The Morgan fingerprint density at radius 2 is 1.89 bits per heavy atom. The molecule has 0 atom stereocenters. The number of rotatable bonds is 6. The summed E-state index contributed by atoms with van der Waals surface area (Å²) in [7, 11) is 2.21. The molecule has 152 valence electrons. The largest absolute Gasteiger partial charge is 0.378 e. The van der Waals surface area contributed by atoms with Crippen LogP contribution >= 0.6 is 22.9 Å². The maximum atomic E-state index is 6.48. The molecule has 2 aliphatic rings. The minimum Gasteiger partial charge on any atom is -0.378 e. The molecule has 4 rings (SSSR count). The number of thiazole rings is 1. The Hall–Kier alpha value is -1.18. The maximum absolute atomic E-state index is 6.48. The molecule has 2 aliphatic heterocycles. The Kier molecular flexibility index (Phi) is 6.86. The molecule has 1 aromatic heterocycles. The zero-order chi connectivity index (χ0) is 19.3. The van der Waals surface area contributed by atoms with Crippen LogP contribution in [0.5, 0.6) is 0 Å². The zero-order valence-electron chi connectivity index (χ0n) is 16.5. The molecule has 0 unspecified atom stereocenters. The first kappa shape index (κ1) is 20.1. The first-order chi connectivity index (χ1) is 13.7. The number of piperidine rings is 1. The summed E-state index contributed by atoms with van der Waals surface area (Å²) in [5.74, 6) is 0. The number of likely N-dealkylation sites (tertiary alicyclic amines) is 1. The molecule has 0 saturated carbocycles. The van der Waals surface area contributed by atoms with Gasteiger partial charge in [-0.3, -0.25) is 4.90 Å². The average molecular weight is 421 g/mol. The fraction of sp³-hybridized carbons (Fsp3) is 0.571. The third-order valence-corrected chi connectivity index (χ3v) is 7.13. The van der Waals surface area contributed by atoms with Gasteiger partial charge in [0.2, 0.25) is 0 Å². The Labute approximate surface area is 176 Å². The topological polar surface area (TPSA) is 31.8 Å². The molecule has 28 heavy (non-hydrogen) atoms. The van der Waals surface area contributed by atoms with E-state index in [0.717, 1.165) is 62.6 Å². The third-order valence-electron chi connectivity index (χ3n) is 5.72. The number of nitrogens with zero attached hydrogens (tertiary/aromatic N) is 4. The summed E-state index contributed by atoms with van der Waals surface area (Å²) in [6, 6.07) is 8.81. The highest BCUT2D eigenvalue weighted by molar-refractivity contribution is 7.15. The lowest BCUT2D eigenvalue weighted by Gasteiger charge is -2.37. The van der Waals surface area contributed by atoms with Crippen LogP contribution in [-0.4, -0.2) is 67.3 Å². The Morgan fingerprint density at radius 3 is 2.64 bits per heavy atom. The van der Waals surface area contributed by atoms with E-state index in [-0.39, 0.29) is 0 Å². The summed E-state index contributed by atoms with van der Waals surface area (Å²) in [6.07, 6.45) is 4.47. The number of anilines is 1. The van der Waals surface area contributed by atoms with E-state index in [2.05, 4.69) is 40.1 Å². The molecule has 0 bridgehead atoms. The molecule has 0 aliphatic carbocycles. The average Bonchev–Trinajstić information content (AvgIpc) is 3.19. The highest BCUT2D eigenvalue weighted by Crippen LogP contribution is 2.28. The van der Waals surface area contributed by atoms with Crippen LogP contribution in [0.25, 0.3) is 0 Å². The van der Waals surface area contributed by atoms with Gasteiger partial charge in [-0.2, -0.15) is 0 Å². The monoisotopic (exact) mass is 420 g/mol. The minimum atomic E-state index is 0.585. The lowest BCUT2D eigenvalue weighted by atomic mass is 10.0. The Morgan fingerprint density at radius 1 is 1.14 bits per heavy atom. The number of morpholine rings is 1. The van der Waals surface area contributed by atoms with Crippen molar-refractivity contribution in [2.75, 3.05) is 51.3 Å². The van der Waals surface area contributed by atoms with Crippen molar-refractivity contribution >= 4 is 28.1 Å². The molecule has 7 heteroatoms. The highest BCUT2D eigenvalue weighted by atomic mass is 35.5. The first-order valence-electron chi connectivity index (χ1n) is 10.1. The number of benzene rings is 1. The van der Waals surface area contributed by atoms with Crippen LogP contribution in [0.4, 0.5) is 5.13 Å². The lowest BCUT2D eigenvalue weighted by Crippen LogP contribution is -2.43. The Bertz CT molecular complexity index is 756. The summed E-state index contributed by atoms with van der Waals surface area (Å²) in [4.78, 5) is 13.4. The van der Waals surface area contributed by atoms with E-state index in [1.165, 1.54) is 23.3 Å². The molecule has 0 amide bonds. The van der Waals surface area contributed by atoms with E-state index in [9.17, 15) is 0 Å². The van der Waals surface area contributed by atoms with Gasteiger partial charge in [0, 0.05) is 48.3 Å². The third kappa shape index (κ3) is 5.05. The molecule has 3 heterocycles. The van der Waals surface area contributed by atoms with Gasteiger partial charge in [-0.15, -0.1) is 11.3 Å². The summed E-state index contributed by atoms with van der Waals surface area (Å²) in [5, 5.41) is 1.98. The molecular weight excluding hydrogens is 392 g/mol. The van der Waals surface area contributed by atoms with E-state index in [4.69, 9.17) is 21.3 Å². The number of ether oxygens (including phenoxy) is 1. The highest BCUT2D eigenvalue weighted by Gasteiger charge is 2.25. The van der Waals surface area contributed by atoms with Crippen LogP contribution in [0.3, 0.4) is 0 Å². The fourth-order valence-electron chi connectivity index (χ4n) is 3.99. The molecule has 2 aromatic rings. The standard InChI is InChI=1S/C21H29ClN4OS/c1-24-8-6-18(7-9-24)26(15-17-4-2-3-5-20(17)22)16-19-14-23-21(28-19)25-10-12-27-13-11-25/h2-5,14,18H,6-13,15-16H2,1H3. The molecule has 0 radical (unpaired) electrons. The number of aromatic nitrogens is 1. The van der Waals surface area contributed by atoms with Crippen molar-refractivity contribution in [1.29, 1.82) is 0 Å². The van der Waals surface area contributed by atoms with Crippen LogP contribution in [0.15, 0.2) is 30.5 Å². The van der Waals surface area contributed by atoms with Crippen LogP contribution < -0.4 is 4.90 Å². The normalized spacial score (nSPS) is 19.5. The molecule has 5 nitrogen and oxygen atoms in total. The number of hydrogen-bond acceptors (Lipinski definition) is 6. The van der Waals surface area contributed by atoms with Crippen molar-refractivity contribution < 1.29 is 4.74 Å². The van der Waals surface area contributed by atoms with Crippen LogP contribution in [-0.2, 0) is 17.8 Å². The van der Waals surface area contributed by atoms with Gasteiger partial charge in [0.1, 0.15) is 0 Å². The predicted molar refractivity (Wildman–Crippen MR) is 116 cm³/mol. The van der Waals surface area contributed by atoms with Gasteiger partial charge >= 0.3 is 0 Å². The molecule has 1 aromatic carbocycles. The molecule has 0 spiro atoms. The van der Waals surface area contributed by atoms with Crippen molar-refractivity contribution in [3.05, 3.63) is 45.9 Å². The summed E-state index contributed by atoms with van der Waals surface area (Å²) < 4.78 is 5.47. The van der Waals surface area contributed by atoms with Gasteiger partial charge < -0.3 is 14.5 Å². The van der Waals surface area contributed by atoms with Crippen molar-refractivity contribution in [3.63, 3.8) is 0 Å². The van der Waals surface area contributed by atoms with Crippen molar-refractivity contribution in [2.24, 2.45) is 0 Å². The Balaban J connectivity index is 1.48. The van der Waals surface area contributed by atoms with Crippen LogP contribution in [0.2, 0.25) is 5.02 Å². The number of halogens is 1. The quantitative estimate of drug-likeness (QED) is 0.710. The summed E-state index contributed by atoms with van der Waals surface area (Å²) in [6.45, 7) is 7.60. The number of hydrogen-bond donors (Lipinski definition) is 0. The SMILES string of the molecule is CN1CCC(N(Cc2cnc(N3CCOCC3)s2)Cc2ccccc2Cl)CC1. The summed E-state index contributed by atoms with van der Waals surface area (Å²) in [5.41, 5.74) is 1.21. The van der Waals surface area contributed by atoms with E-state index in [1.807, 2.05) is 23.5 Å². The van der Waals surface area contributed by atoms with Gasteiger partial charge in [-0.1, -0.05) is 29.8 Å². The van der Waals surface area contributed by atoms with Gasteiger partial charge in [0.15, 0.2) is 5.13 Å². The van der Waals surface area contributed by atoms with E-state index < -0.39 is 0 Å². The second-order valence-electron chi connectivity index (χ2n) is 7.74. The maximum Gasteiger partial charge on any atom is 0.185 e. The zero-order valence-corrected chi connectivity index (χ0v) is 18.1. The fourth-order valence-corrected chi connectivity index (χ4v) is 5.17. The van der Waals surface area contributed by atoms with Gasteiger partial charge in [0.25, 0.3) is 0 Å². The van der Waals surface area contributed by atoms with Crippen LogP contribution in [0.1, 0.15) is 23.3 Å².